The van der Waals surface area contributed by atoms with Crippen LogP contribution in [-0.4, -0.2) is 21.2 Å². The molecule has 0 saturated heterocycles. The number of anilines is 1. The summed E-state index contributed by atoms with van der Waals surface area (Å²) in [4.78, 5) is 23.9. The molecule has 0 spiro atoms. The molecule has 0 aromatic carbocycles. The van der Waals surface area contributed by atoms with Crippen molar-refractivity contribution < 1.29 is 4.79 Å². The summed E-state index contributed by atoms with van der Waals surface area (Å²) >= 11 is 6.14. The molecule has 0 amide bonds. The molecule has 0 aliphatic heterocycles. The topological polar surface area (TPSA) is 67.8 Å². The molecule has 1 N–H and O–H groups in total. The van der Waals surface area contributed by atoms with Gasteiger partial charge in [0.1, 0.15) is 11.3 Å². The molecule has 6 heteroatoms. The van der Waals surface area contributed by atoms with Gasteiger partial charge in [0, 0.05) is 22.5 Å². The monoisotopic (exact) mass is 316 g/mol. The SMILES string of the molecule is C/C=C(Cl)\C(C)=C(/C)Nc1nc(C)nc2cc(C=O)cnc12. The lowest BCUT2D eigenvalue weighted by Crippen LogP contribution is -2.05. The maximum atomic E-state index is 10.9. The number of carbonyl (C=O) groups excluding carboxylic acids is 1. The summed E-state index contributed by atoms with van der Waals surface area (Å²) < 4.78 is 0. The van der Waals surface area contributed by atoms with Gasteiger partial charge >= 0.3 is 0 Å². The van der Waals surface area contributed by atoms with Crippen molar-refractivity contribution in [3.8, 4) is 0 Å². The Bertz CT molecular complexity index is 796. The van der Waals surface area contributed by atoms with Crippen LogP contribution in [0.2, 0.25) is 0 Å². The lowest BCUT2D eigenvalue weighted by Gasteiger charge is -2.12. The Morgan fingerprint density at radius 3 is 2.68 bits per heavy atom. The van der Waals surface area contributed by atoms with Crippen molar-refractivity contribution in [1.82, 2.24) is 15.0 Å². The zero-order chi connectivity index (χ0) is 16.3. The molecule has 0 fully saturated rings. The van der Waals surface area contributed by atoms with Crippen molar-refractivity contribution in [3.63, 3.8) is 0 Å². The average Bonchev–Trinajstić information content (AvgIpc) is 2.52. The predicted octanol–water partition coefficient (Wildman–Crippen LogP) is 3.99. The second kappa shape index (κ2) is 6.66. The first-order chi connectivity index (χ1) is 10.5. The molecule has 0 aliphatic rings. The van der Waals surface area contributed by atoms with E-state index < -0.39 is 0 Å². The maximum absolute atomic E-state index is 10.9. The van der Waals surface area contributed by atoms with Crippen molar-refractivity contribution in [3.05, 3.63) is 46.0 Å². The van der Waals surface area contributed by atoms with Gasteiger partial charge in [-0.25, -0.2) is 15.0 Å². The number of hydrogen-bond donors (Lipinski definition) is 1. The lowest BCUT2D eigenvalue weighted by molar-refractivity contribution is 0.112. The predicted molar refractivity (Wildman–Crippen MR) is 89.1 cm³/mol. The molecule has 2 aromatic rings. The van der Waals surface area contributed by atoms with Crippen LogP contribution in [0.5, 0.6) is 0 Å². The number of carbonyl (C=O) groups is 1. The van der Waals surface area contributed by atoms with E-state index >= 15 is 0 Å². The van der Waals surface area contributed by atoms with E-state index in [1.54, 1.807) is 13.0 Å². The number of aromatic nitrogens is 3. The van der Waals surface area contributed by atoms with Crippen LogP contribution in [0.25, 0.3) is 11.0 Å². The first kappa shape index (κ1) is 16.1. The van der Waals surface area contributed by atoms with Crippen LogP contribution in [0, 0.1) is 6.92 Å². The number of hydrogen-bond acceptors (Lipinski definition) is 5. The zero-order valence-corrected chi connectivity index (χ0v) is 13.7. The number of aldehydes is 1. The minimum atomic E-state index is 0.483. The van der Waals surface area contributed by atoms with Gasteiger partial charge < -0.3 is 5.32 Å². The number of allylic oxidation sites excluding steroid dienone is 4. The van der Waals surface area contributed by atoms with Gasteiger partial charge in [-0.1, -0.05) is 17.7 Å². The minimum absolute atomic E-state index is 0.483. The quantitative estimate of drug-likeness (QED) is 0.682. The van der Waals surface area contributed by atoms with Crippen molar-refractivity contribution >= 4 is 34.7 Å². The highest BCUT2D eigenvalue weighted by atomic mass is 35.5. The van der Waals surface area contributed by atoms with Crippen LogP contribution in [0.4, 0.5) is 5.82 Å². The van der Waals surface area contributed by atoms with Crippen molar-refractivity contribution in [2.45, 2.75) is 27.7 Å². The molecular weight excluding hydrogens is 300 g/mol. The Morgan fingerprint density at radius 2 is 2.05 bits per heavy atom. The standard InChI is InChI=1S/C16H17ClN4O/c1-5-13(17)9(2)10(3)19-16-15-14(20-11(4)21-16)6-12(8-22)7-18-15/h5-8H,1-4H3,(H,19,20,21)/b10-9+,13-5+. The summed E-state index contributed by atoms with van der Waals surface area (Å²) in [5.41, 5.74) is 3.53. The normalized spacial score (nSPS) is 13.0. The molecular formula is C16H17ClN4O. The lowest BCUT2D eigenvalue weighted by atomic mass is 10.2. The second-order valence-electron chi connectivity index (χ2n) is 4.89. The van der Waals surface area contributed by atoms with Gasteiger partial charge in [0.2, 0.25) is 0 Å². The maximum Gasteiger partial charge on any atom is 0.160 e. The van der Waals surface area contributed by atoms with E-state index in [4.69, 9.17) is 11.6 Å². The molecule has 0 saturated carbocycles. The molecule has 0 radical (unpaired) electrons. The van der Waals surface area contributed by atoms with Crippen LogP contribution >= 0.6 is 11.6 Å². The summed E-state index contributed by atoms with van der Waals surface area (Å²) in [6.07, 6.45) is 4.09. The third-order valence-corrected chi connectivity index (χ3v) is 3.79. The van der Waals surface area contributed by atoms with Crippen molar-refractivity contribution in [1.29, 1.82) is 0 Å². The average molecular weight is 317 g/mol. The van der Waals surface area contributed by atoms with E-state index in [-0.39, 0.29) is 0 Å². The summed E-state index contributed by atoms with van der Waals surface area (Å²) in [7, 11) is 0. The Morgan fingerprint density at radius 1 is 1.32 bits per heavy atom. The summed E-state index contributed by atoms with van der Waals surface area (Å²) in [5, 5.41) is 3.91. The zero-order valence-electron chi connectivity index (χ0n) is 12.9. The van der Waals surface area contributed by atoms with Crippen LogP contribution in [0.15, 0.2) is 34.6 Å². The van der Waals surface area contributed by atoms with E-state index in [1.807, 2.05) is 26.8 Å². The summed E-state index contributed by atoms with van der Waals surface area (Å²) in [5.74, 6) is 1.19. The fourth-order valence-corrected chi connectivity index (χ4v) is 2.11. The van der Waals surface area contributed by atoms with E-state index in [0.717, 1.165) is 17.6 Å². The number of fused-ring (bicyclic) bond motifs is 1. The Balaban J connectivity index is 2.54. The van der Waals surface area contributed by atoms with Crippen LogP contribution in [0.3, 0.4) is 0 Å². The van der Waals surface area contributed by atoms with Gasteiger partial charge in [-0.05, 0) is 39.3 Å². The molecule has 2 heterocycles. The smallest absolute Gasteiger partial charge is 0.160 e. The molecule has 5 nitrogen and oxygen atoms in total. The first-order valence-corrected chi connectivity index (χ1v) is 7.20. The van der Waals surface area contributed by atoms with Crippen LogP contribution in [-0.2, 0) is 0 Å². The molecule has 0 aliphatic carbocycles. The molecule has 2 aromatic heterocycles. The number of aryl methyl sites for hydroxylation is 1. The molecule has 0 atom stereocenters. The van der Waals surface area contributed by atoms with E-state index in [2.05, 4.69) is 20.3 Å². The van der Waals surface area contributed by atoms with E-state index in [0.29, 0.717) is 33.3 Å². The Hall–Kier alpha value is -2.27. The molecule has 0 unspecified atom stereocenters. The Kier molecular flexibility index (Phi) is 4.88. The fourth-order valence-electron chi connectivity index (χ4n) is 1.97. The number of nitrogens with one attached hydrogen (secondary N) is 1. The molecule has 2 rings (SSSR count). The third kappa shape index (κ3) is 3.31. The second-order valence-corrected chi connectivity index (χ2v) is 5.29. The van der Waals surface area contributed by atoms with Gasteiger partial charge in [0.15, 0.2) is 12.1 Å². The highest BCUT2D eigenvalue weighted by molar-refractivity contribution is 6.32. The highest BCUT2D eigenvalue weighted by Gasteiger charge is 2.10. The van der Waals surface area contributed by atoms with E-state index in [1.165, 1.54) is 6.20 Å². The van der Waals surface area contributed by atoms with Crippen molar-refractivity contribution in [2.24, 2.45) is 0 Å². The summed E-state index contributed by atoms with van der Waals surface area (Å²) in [6, 6.07) is 1.69. The van der Waals surface area contributed by atoms with Crippen molar-refractivity contribution in [2.75, 3.05) is 5.32 Å². The summed E-state index contributed by atoms with van der Waals surface area (Å²) in [6.45, 7) is 7.53. The molecule has 114 valence electrons. The highest BCUT2D eigenvalue weighted by Crippen LogP contribution is 2.23. The Labute approximate surface area is 134 Å². The first-order valence-electron chi connectivity index (χ1n) is 6.82. The van der Waals surface area contributed by atoms with Gasteiger partial charge in [0.25, 0.3) is 0 Å². The van der Waals surface area contributed by atoms with Gasteiger partial charge in [-0.3, -0.25) is 4.79 Å². The number of nitrogens with zero attached hydrogens (tertiary/aromatic N) is 3. The number of pyridine rings is 1. The number of halogens is 1. The van der Waals surface area contributed by atoms with Crippen LogP contribution in [0.1, 0.15) is 37.0 Å². The fraction of sp³-hybridized carbons (Fsp3) is 0.250. The van der Waals surface area contributed by atoms with Crippen LogP contribution < -0.4 is 5.32 Å². The van der Waals surface area contributed by atoms with Gasteiger partial charge in [-0.15, -0.1) is 0 Å². The number of rotatable bonds is 4. The van der Waals surface area contributed by atoms with Gasteiger partial charge in [0.05, 0.1) is 5.52 Å². The van der Waals surface area contributed by atoms with E-state index in [9.17, 15) is 4.79 Å². The molecule has 0 bridgehead atoms. The molecule has 22 heavy (non-hydrogen) atoms. The third-order valence-electron chi connectivity index (χ3n) is 3.29. The van der Waals surface area contributed by atoms with Gasteiger partial charge in [-0.2, -0.15) is 0 Å². The largest absolute Gasteiger partial charge is 0.342 e. The minimum Gasteiger partial charge on any atom is -0.342 e.